The molecule has 3 aromatic heterocycles. The van der Waals surface area contributed by atoms with Crippen molar-refractivity contribution >= 4 is 23.1 Å². The summed E-state index contributed by atoms with van der Waals surface area (Å²) in [5, 5.41) is 11.3. The molecule has 3 heterocycles. The minimum Gasteiger partial charge on any atom is -0.465 e. The summed E-state index contributed by atoms with van der Waals surface area (Å²) in [5.41, 5.74) is 12.1. The molecule has 1 atom stereocenters. The lowest BCUT2D eigenvalue weighted by Crippen LogP contribution is -2.25. The molecule has 0 radical (unpaired) electrons. The van der Waals surface area contributed by atoms with Crippen LogP contribution in [0.25, 0.3) is 39.5 Å². The zero-order valence-electron chi connectivity index (χ0n) is 19.1. The molecule has 0 aliphatic rings. The van der Waals surface area contributed by atoms with Crippen LogP contribution in [0, 0.1) is 0 Å². The Morgan fingerprint density at radius 3 is 2.49 bits per heavy atom. The standard InChI is InChI=1S/C27H24N6O2/c1-17(16-30-27(34)35)18-9-11-20(12-10-18)33-25(21-8-5-15-29-24(21)28)32-23-14-13-22(31-26(23)33)19-6-3-2-4-7-19/h2-15,17,30H,16H2,1H3,(H2,28,29)(H,34,35). The number of pyridine rings is 2. The van der Waals surface area contributed by atoms with Crippen LogP contribution in [0.2, 0.25) is 0 Å². The summed E-state index contributed by atoms with van der Waals surface area (Å²) in [7, 11) is 0. The Kier molecular flexibility index (Phi) is 5.85. The van der Waals surface area contributed by atoms with E-state index in [4.69, 9.17) is 20.8 Å². The van der Waals surface area contributed by atoms with Gasteiger partial charge in [0.1, 0.15) is 11.3 Å². The maximum absolute atomic E-state index is 10.9. The SMILES string of the molecule is CC(CNC(=O)O)c1ccc(-n2c(-c3cccnc3N)nc3ccc(-c4ccccc4)nc32)cc1. The van der Waals surface area contributed by atoms with E-state index in [9.17, 15) is 4.79 Å². The van der Waals surface area contributed by atoms with Gasteiger partial charge in [-0.2, -0.15) is 0 Å². The van der Waals surface area contributed by atoms with Gasteiger partial charge < -0.3 is 16.2 Å². The third-order valence-electron chi connectivity index (χ3n) is 5.93. The number of nitrogens with two attached hydrogens (primary N) is 1. The molecule has 0 fully saturated rings. The van der Waals surface area contributed by atoms with E-state index in [-0.39, 0.29) is 5.92 Å². The van der Waals surface area contributed by atoms with Gasteiger partial charge in [-0.15, -0.1) is 0 Å². The van der Waals surface area contributed by atoms with Crippen LogP contribution in [0.3, 0.4) is 0 Å². The molecule has 0 saturated heterocycles. The Morgan fingerprint density at radius 1 is 1.00 bits per heavy atom. The van der Waals surface area contributed by atoms with Crippen LogP contribution in [0.15, 0.2) is 85.1 Å². The van der Waals surface area contributed by atoms with Crippen LogP contribution in [-0.2, 0) is 0 Å². The quantitative estimate of drug-likeness (QED) is 0.322. The minimum absolute atomic E-state index is 0.0240. The van der Waals surface area contributed by atoms with Crippen LogP contribution in [0.4, 0.5) is 10.6 Å². The maximum atomic E-state index is 10.9. The second kappa shape index (κ2) is 9.26. The van der Waals surface area contributed by atoms with Gasteiger partial charge in [-0.25, -0.2) is 19.7 Å². The summed E-state index contributed by atoms with van der Waals surface area (Å²) in [6, 6.07) is 25.6. The third-order valence-corrected chi connectivity index (χ3v) is 5.93. The molecule has 1 amide bonds. The Bertz CT molecular complexity index is 1500. The Balaban J connectivity index is 1.65. The number of rotatable bonds is 6. The van der Waals surface area contributed by atoms with Crippen molar-refractivity contribution in [2.75, 3.05) is 12.3 Å². The van der Waals surface area contributed by atoms with E-state index in [1.807, 2.05) is 90.4 Å². The Labute approximate surface area is 202 Å². The highest BCUT2D eigenvalue weighted by Gasteiger charge is 2.19. The number of anilines is 1. The number of fused-ring (bicyclic) bond motifs is 1. The highest BCUT2D eigenvalue weighted by Crippen LogP contribution is 2.32. The highest BCUT2D eigenvalue weighted by atomic mass is 16.4. The number of carbonyl (C=O) groups is 1. The summed E-state index contributed by atoms with van der Waals surface area (Å²) in [6.07, 6.45) is 0.621. The number of amides is 1. The largest absolute Gasteiger partial charge is 0.465 e. The van der Waals surface area contributed by atoms with E-state index < -0.39 is 6.09 Å². The van der Waals surface area contributed by atoms with Crippen LogP contribution in [0.5, 0.6) is 0 Å². The number of benzene rings is 2. The monoisotopic (exact) mass is 464 g/mol. The number of nitrogens with one attached hydrogen (secondary N) is 1. The van der Waals surface area contributed by atoms with E-state index in [0.29, 0.717) is 23.8 Å². The van der Waals surface area contributed by atoms with Crippen molar-refractivity contribution in [2.45, 2.75) is 12.8 Å². The number of nitrogens with zero attached hydrogens (tertiary/aromatic N) is 4. The zero-order chi connectivity index (χ0) is 24.4. The number of imidazole rings is 1. The smallest absolute Gasteiger partial charge is 0.404 e. The number of carboxylic acid groups (broad SMARTS) is 1. The molecule has 0 spiro atoms. The van der Waals surface area contributed by atoms with Gasteiger partial charge in [-0.05, 0) is 47.9 Å². The van der Waals surface area contributed by atoms with Crippen molar-refractivity contribution in [2.24, 2.45) is 0 Å². The molecule has 4 N–H and O–H groups in total. The lowest BCUT2D eigenvalue weighted by atomic mass is 10.0. The first kappa shape index (κ1) is 22.1. The van der Waals surface area contributed by atoms with Crippen LogP contribution >= 0.6 is 0 Å². The van der Waals surface area contributed by atoms with Gasteiger partial charge in [0.25, 0.3) is 0 Å². The Hall–Kier alpha value is -4.72. The third kappa shape index (κ3) is 4.41. The van der Waals surface area contributed by atoms with Gasteiger partial charge in [-0.1, -0.05) is 49.4 Å². The summed E-state index contributed by atoms with van der Waals surface area (Å²) < 4.78 is 1.99. The van der Waals surface area contributed by atoms with Crippen LogP contribution < -0.4 is 11.1 Å². The fourth-order valence-corrected chi connectivity index (χ4v) is 4.07. The lowest BCUT2D eigenvalue weighted by Gasteiger charge is -2.14. The maximum Gasteiger partial charge on any atom is 0.404 e. The second-order valence-corrected chi connectivity index (χ2v) is 8.29. The van der Waals surface area contributed by atoms with E-state index in [2.05, 4.69) is 10.3 Å². The minimum atomic E-state index is -1.03. The molecule has 35 heavy (non-hydrogen) atoms. The van der Waals surface area contributed by atoms with E-state index in [0.717, 1.165) is 33.6 Å². The zero-order valence-corrected chi connectivity index (χ0v) is 19.1. The summed E-state index contributed by atoms with van der Waals surface area (Å²) in [5.74, 6) is 1.06. The molecule has 1 unspecified atom stereocenters. The van der Waals surface area contributed by atoms with Crippen molar-refractivity contribution in [3.8, 4) is 28.3 Å². The first-order chi connectivity index (χ1) is 17.0. The van der Waals surface area contributed by atoms with E-state index >= 15 is 0 Å². The number of aromatic nitrogens is 4. The van der Waals surface area contributed by atoms with Crippen molar-refractivity contribution in [1.82, 2.24) is 24.8 Å². The first-order valence-electron chi connectivity index (χ1n) is 11.2. The average Bonchev–Trinajstić information content (AvgIpc) is 3.26. The predicted octanol–water partition coefficient (Wildman–Crippen LogP) is 5.10. The predicted molar refractivity (Wildman–Crippen MR) is 136 cm³/mol. The second-order valence-electron chi connectivity index (χ2n) is 8.29. The molecule has 0 aliphatic heterocycles. The number of hydrogen-bond donors (Lipinski definition) is 3. The average molecular weight is 465 g/mol. The van der Waals surface area contributed by atoms with Gasteiger partial charge >= 0.3 is 6.09 Å². The van der Waals surface area contributed by atoms with Crippen LogP contribution in [-0.4, -0.2) is 37.3 Å². The van der Waals surface area contributed by atoms with Gasteiger partial charge in [0.05, 0.1) is 11.3 Å². The summed E-state index contributed by atoms with van der Waals surface area (Å²) in [4.78, 5) is 24.9. The van der Waals surface area contributed by atoms with Gasteiger partial charge in [0.2, 0.25) is 0 Å². The van der Waals surface area contributed by atoms with Gasteiger partial charge in [0.15, 0.2) is 11.5 Å². The molecule has 174 valence electrons. The van der Waals surface area contributed by atoms with Crippen molar-refractivity contribution in [3.05, 3.63) is 90.6 Å². The molecule has 0 saturated carbocycles. The number of nitrogen functional groups attached to an aromatic ring is 1. The fraction of sp³-hybridized carbons (Fsp3) is 0.111. The van der Waals surface area contributed by atoms with Crippen molar-refractivity contribution in [3.63, 3.8) is 0 Å². The molecular weight excluding hydrogens is 440 g/mol. The van der Waals surface area contributed by atoms with E-state index in [1.165, 1.54) is 0 Å². The molecular formula is C27H24N6O2. The topological polar surface area (TPSA) is 119 Å². The molecule has 2 aromatic carbocycles. The fourth-order valence-electron chi connectivity index (χ4n) is 4.07. The van der Waals surface area contributed by atoms with Gasteiger partial charge in [0, 0.05) is 24.0 Å². The summed E-state index contributed by atoms with van der Waals surface area (Å²) >= 11 is 0. The normalized spacial score (nSPS) is 11.9. The molecule has 0 bridgehead atoms. The van der Waals surface area contributed by atoms with Gasteiger partial charge in [-0.3, -0.25) is 4.57 Å². The van der Waals surface area contributed by atoms with Crippen molar-refractivity contribution in [1.29, 1.82) is 0 Å². The van der Waals surface area contributed by atoms with Crippen LogP contribution in [0.1, 0.15) is 18.4 Å². The molecule has 5 aromatic rings. The molecule has 0 aliphatic carbocycles. The lowest BCUT2D eigenvalue weighted by molar-refractivity contribution is 0.194. The Morgan fingerprint density at radius 2 is 1.77 bits per heavy atom. The first-order valence-corrected chi connectivity index (χ1v) is 11.2. The number of hydrogen-bond acceptors (Lipinski definition) is 5. The molecule has 8 heteroatoms. The molecule has 8 nitrogen and oxygen atoms in total. The highest BCUT2D eigenvalue weighted by molar-refractivity contribution is 5.84. The molecule has 5 rings (SSSR count). The van der Waals surface area contributed by atoms with Crippen molar-refractivity contribution < 1.29 is 9.90 Å². The van der Waals surface area contributed by atoms with E-state index in [1.54, 1.807) is 6.20 Å². The summed E-state index contributed by atoms with van der Waals surface area (Å²) in [6.45, 7) is 2.31.